The molecule has 166 valence electrons. The first kappa shape index (κ1) is 22.8. The molecule has 1 aliphatic heterocycles. The van der Waals surface area contributed by atoms with Gasteiger partial charge in [-0.25, -0.2) is 13.1 Å². The van der Waals surface area contributed by atoms with Crippen LogP contribution in [0.3, 0.4) is 0 Å². The topological polar surface area (TPSA) is 105 Å². The minimum absolute atomic E-state index is 0.0287. The summed E-state index contributed by atoms with van der Waals surface area (Å²) in [5.74, 6) is 0.200. The molecule has 31 heavy (non-hydrogen) atoms. The lowest BCUT2D eigenvalue weighted by molar-refractivity contribution is -0.117. The van der Waals surface area contributed by atoms with Crippen LogP contribution in [-0.4, -0.2) is 40.4 Å². The lowest BCUT2D eigenvalue weighted by Gasteiger charge is -2.19. The zero-order valence-electron chi connectivity index (χ0n) is 17.9. The molecule has 0 radical (unpaired) electrons. The Labute approximate surface area is 182 Å². The van der Waals surface area contributed by atoms with Crippen molar-refractivity contribution in [1.82, 2.24) is 4.72 Å². The number of benzene rings is 2. The molecular weight excluding hydrogens is 418 g/mol. The number of aryl methyl sites for hydroxylation is 2. The highest BCUT2D eigenvalue weighted by Crippen LogP contribution is 2.33. The van der Waals surface area contributed by atoms with E-state index in [0.717, 1.165) is 12.0 Å². The average Bonchev–Trinajstić information content (AvgIpc) is 3.15. The molecule has 0 aromatic heterocycles. The summed E-state index contributed by atoms with van der Waals surface area (Å²) in [5, 5.41) is 2.73. The first-order chi connectivity index (χ1) is 14.7. The third-order valence-electron chi connectivity index (χ3n) is 5.10. The highest BCUT2D eigenvalue weighted by Gasteiger charge is 2.24. The molecule has 0 atom stereocenters. The molecule has 1 fully saturated rings. The van der Waals surface area contributed by atoms with Crippen molar-refractivity contribution in [2.75, 3.05) is 30.4 Å². The summed E-state index contributed by atoms with van der Waals surface area (Å²) in [6, 6.07) is 10.3. The lowest BCUT2D eigenvalue weighted by atomic mass is 10.2. The largest absolute Gasteiger partial charge is 0.494 e. The van der Waals surface area contributed by atoms with Gasteiger partial charge in [0.2, 0.25) is 21.8 Å². The Morgan fingerprint density at radius 3 is 2.61 bits per heavy atom. The molecule has 0 unspecified atom stereocenters. The lowest BCUT2D eigenvalue weighted by Crippen LogP contribution is -2.28. The number of hydrogen-bond acceptors (Lipinski definition) is 5. The van der Waals surface area contributed by atoms with Gasteiger partial charge in [-0.2, -0.15) is 0 Å². The number of carbonyl (C=O) groups excluding carboxylic acids is 2. The molecule has 1 heterocycles. The van der Waals surface area contributed by atoms with Gasteiger partial charge in [0, 0.05) is 37.7 Å². The quantitative estimate of drug-likeness (QED) is 0.650. The SMILES string of the molecule is COc1cc(NC(=O)CCNS(=O)(=O)c2cc(C)ccc2C)ccc1N1CCCC1=O. The smallest absolute Gasteiger partial charge is 0.240 e. The second-order valence-electron chi connectivity index (χ2n) is 7.50. The van der Waals surface area contributed by atoms with Gasteiger partial charge in [0.1, 0.15) is 5.75 Å². The zero-order valence-corrected chi connectivity index (χ0v) is 18.7. The van der Waals surface area contributed by atoms with Gasteiger partial charge in [0.25, 0.3) is 0 Å². The normalized spacial score (nSPS) is 14.0. The standard InChI is InChI=1S/C22H27N3O5S/c1-15-6-7-16(2)20(13-15)31(28,29)23-11-10-21(26)24-17-8-9-18(19(14-17)30-3)25-12-4-5-22(25)27/h6-9,13-14,23H,4-5,10-12H2,1-3H3,(H,24,26). The van der Waals surface area contributed by atoms with Gasteiger partial charge in [-0.15, -0.1) is 0 Å². The van der Waals surface area contributed by atoms with Crippen LogP contribution in [0.1, 0.15) is 30.4 Å². The van der Waals surface area contributed by atoms with E-state index in [1.807, 2.05) is 13.0 Å². The van der Waals surface area contributed by atoms with E-state index in [1.165, 1.54) is 7.11 Å². The van der Waals surface area contributed by atoms with E-state index in [-0.39, 0.29) is 29.7 Å². The number of carbonyl (C=O) groups is 2. The van der Waals surface area contributed by atoms with Gasteiger partial charge in [-0.1, -0.05) is 12.1 Å². The summed E-state index contributed by atoms with van der Waals surface area (Å²) >= 11 is 0. The molecule has 0 bridgehead atoms. The van der Waals surface area contributed by atoms with Gasteiger partial charge in [-0.05, 0) is 49.6 Å². The minimum atomic E-state index is -3.70. The molecule has 0 spiro atoms. The fourth-order valence-electron chi connectivity index (χ4n) is 3.48. The monoisotopic (exact) mass is 445 g/mol. The van der Waals surface area contributed by atoms with Crippen molar-refractivity contribution >= 4 is 33.2 Å². The Balaban J connectivity index is 1.59. The third kappa shape index (κ3) is 5.42. The number of ether oxygens (including phenoxy) is 1. The summed E-state index contributed by atoms with van der Waals surface area (Å²) in [7, 11) is -2.19. The number of methoxy groups -OCH3 is 1. The van der Waals surface area contributed by atoms with E-state index in [9.17, 15) is 18.0 Å². The second-order valence-corrected chi connectivity index (χ2v) is 9.24. The van der Waals surface area contributed by atoms with Gasteiger partial charge in [0.15, 0.2) is 0 Å². The summed E-state index contributed by atoms with van der Waals surface area (Å²) < 4.78 is 32.9. The Morgan fingerprint density at radius 1 is 1.16 bits per heavy atom. The van der Waals surface area contributed by atoms with Crippen LogP contribution in [0.2, 0.25) is 0 Å². The summed E-state index contributed by atoms with van der Waals surface area (Å²) in [4.78, 5) is 26.2. The van der Waals surface area contributed by atoms with E-state index in [2.05, 4.69) is 10.0 Å². The Hall–Kier alpha value is -2.91. The van der Waals surface area contributed by atoms with Crippen molar-refractivity contribution in [3.8, 4) is 5.75 Å². The maximum Gasteiger partial charge on any atom is 0.240 e. The fourth-order valence-corrected chi connectivity index (χ4v) is 4.84. The predicted molar refractivity (Wildman–Crippen MR) is 119 cm³/mol. The first-order valence-electron chi connectivity index (χ1n) is 10.1. The summed E-state index contributed by atoms with van der Waals surface area (Å²) in [6.07, 6.45) is 1.29. The number of sulfonamides is 1. The number of nitrogens with one attached hydrogen (secondary N) is 2. The number of anilines is 2. The molecule has 8 nitrogen and oxygen atoms in total. The molecule has 2 aromatic carbocycles. The third-order valence-corrected chi connectivity index (χ3v) is 6.71. The van der Waals surface area contributed by atoms with Crippen molar-refractivity contribution in [2.24, 2.45) is 0 Å². The molecule has 2 aromatic rings. The van der Waals surface area contributed by atoms with Crippen LogP contribution >= 0.6 is 0 Å². The van der Waals surface area contributed by atoms with Gasteiger partial charge in [-0.3, -0.25) is 9.59 Å². The van der Waals surface area contributed by atoms with Gasteiger partial charge < -0.3 is 15.0 Å². The molecule has 0 saturated carbocycles. The van der Waals surface area contributed by atoms with E-state index in [0.29, 0.717) is 35.7 Å². The molecule has 1 saturated heterocycles. The minimum Gasteiger partial charge on any atom is -0.494 e. The van der Waals surface area contributed by atoms with E-state index in [1.54, 1.807) is 42.2 Å². The average molecular weight is 446 g/mol. The van der Waals surface area contributed by atoms with Crippen LogP contribution in [0, 0.1) is 13.8 Å². The number of nitrogens with zero attached hydrogens (tertiary/aromatic N) is 1. The van der Waals surface area contributed by atoms with Crippen molar-refractivity contribution in [2.45, 2.75) is 38.0 Å². The van der Waals surface area contributed by atoms with Crippen molar-refractivity contribution < 1.29 is 22.7 Å². The van der Waals surface area contributed by atoms with Crippen LogP contribution in [0.4, 0.5) is 11.4 Å². The second kappa shape index (κ2) is 9.49. The zero-order chi connectivity index (χ0) is 22.6. The molecule has 2 amide bonds. The van der Waals surface area contributed by atoms with Crippen molar-refractivity contribution in [3.63, 3.8) is 0 Å². The number of rotatable bonds is 8. The van der Waals surface area contributed by atoms with Crippen LogP contribution in [0.5, 0.6) is 5.75 Å². The number of hydrogen-bond donors (Lipinski definition) is 2. The predicted octanol–water partition coefficient (Wildman–Crippen LogP) is 2.75. The first-order valence-corrected chi connectivity index (χ1v) is 11.5. The van der Waals surface area contributed by atoms with E-state index in [4.69, 9.17) is 4.74 Å². The van der Waals surface area contributed by atoms with E-state index >= 15 is 0 Å². The highest BCUT2D eigenvalue weighted by atomic mass is 32.2. The van der Waals surface area contributed by atoms with Gasteiger partial charge >= 0.3 is 0 Å². The van der Waals surface area contributed by atoms with E-state index < -0.39 is 10.0 Å². The van der Waals surface area contributed by atoms with Gasteiger partial charge in [0.05, 0.1) is 17.7 Å². The Bertz CT molecular complexity index is 1100. The summed E-state index contributed by atoms with van der Waals surface area (Å²) in [5.41, 5.74) is 2.67. The molecule has 9 heteroatoms. The van der Waals surface area contributed by atoms with Crippen LogP contribution in [-0.2, 0) is 19.6 Å². The van der Waals surface area contributed by atoms with Crippen molar-refractivity contribution in [3.05, 3.63) is 47.5 Å². The Morgan fingerprint density at radius 2 is 1.94 bits per heavy atom. The highest BCUT2D eigenvalue weighted by molar-refractivity contribution is 7.89. The number of amides is 2. The van der Waals surface area contributed by atoms with Crippen molar-refractivity contribution in [1.29, 1.82) is 0 Å². The fraction of sp³-hybridized carbons (Fsp3) is 0.364. The molecular formula is C22H27N3O5S. The Kier molecular flexibility index (Phi) is 6.97. The molecule has 0 aliphatic carbocycles. The summed E-state index contributed by atoms with van der Waals surface area (Å²) in [6.45, 7) is 4.17. The van der Waals surface area contributed by atoms with Crippen LogP contribution < -0.4 is 19.7 Å². The maximum atomic E-state index is 12.5. The maximum absolute atomic E-state index is 12.5. The molecule has 1 aliphatic rings. The molecule has 3 rings (SSSR count). The molecule has 2 N–H and O–H groups in total. The van der Waals surface area contributed by atoms with Crippen LogP contribution in [0.15, 0.2) is 41.3 Å². The van der Waals surface area contributed by atoms with Crippen LogP contribution in [0.25, 0.3) is 0 Å².